The molecule has 0 spiro atoms. The van der Waals surface area contributed by atoms with Crippen molar-refractivity contribution in [2.75, 3.05) is 0 Å². The summed E-state index contributed by atoms with van der Waals surface area (Å²) < 4.78 is 84.1. The van der Waals surface area contributed by atoms with Crippen LogP contribution in [0.4, 0.5) is 26.3 Å². The van der Waals surface area contributed by atoms with Crippen molar-refractivity contribution in [1.82, 2.24) is 30.6 Å². The molecule has 0 bridgehead atoms. The largest absolute Gasteiger partial charge is 3.00 e. The van der Waals surface area contributed by atoms with Crippen molar-refractivity contribution in [3.63, 3.8) is 0 Å². The summed E-state index contributed by atoms with van der Waals surface area (Å²) in [4.78, 5) is 1.40. The summed E-state index contributed by atoms with van der Waals surface area (Å²) in [5.41, 5.74) is -2.84. The van der Waals surface area contributed by atoms with Crippen molar-refractivity contribution in [3.05, 3.63) is 206 Å². The third kappa shape index (κ3) is 9.93. The molecule has 0 N–H and O–H groups in total. The Morgan fingerprint density at radius 3 is 1.36 bits per heavy atom. The Balaban J connectivity index is 0.000000151. The van der Waals surface area contributed by atoms with Gasteiger partial charge in [0.05, 0.1) is 29.2 Å². The zero-order valence-electron chi connectivity index (χ0n) is 36.8. The Morgan fingerprint density at radius 2 is 0.903 bits per heavy atom. The van der Waals surface area contributed by atoms with Crippen molar-refractivity contribution in [2.45, 2.75) is 12.4 Å². The number of hydrogen-bond donors (Lipinski definition) is 2. The van der Waals surface area contributed by atoms with Gasteiger partial charge in [-0.1, -0.05) is 126 Å². The van der Waals surface area contributed by atoms with Crippen LogP contribution in [0.2, 0.25) is 0 Å². The number of halogens is 6. The molecule has 354 valence electrons. The second-order valence-electron chi connectivity index (χ2n) is 16.1. The first-order valence-electron chi connectivity index (χ1n) is 21.4. The summed E-state index contributed by atoms with van der Waals surface area (Å²) in [7, 11) is 0. The van der Waals surface area contributed by atoms with Crippen LogP contribution in [0.15, 0.2) is 164 Å². The molecule has 0 radical (unpaired) electrons. The van der Waals surface area contributed by atoms with Gasteiger partial charge in [-0.3, -0.25) is 13.2 Å². The Morgan fingerprint density at radius 1 is 0.472 bits per heavy atom. The van der Waals surface area contributed by atoms with Crippen molar-refractivity contribution in [3.8, 4) is 21.8 Å². The van der Waals surface area contributed by atoms with Crippen LogP contribution < -0.4 is 0 Å². The fourth-order valence-electron chi connectivity index (χ4n) is 8.45. The van der Waals surface area contributed by atoms with Gasteiger partial charge in [0.25, 0.3) is 0 Å². The topological polar surface area (TPSA) is 77.3 Å². The van der Waals surface area contributed by atoms with E-state index in [2.05, 4.69) is 110 Å². The predicted molar refractivity (Wildman–Crippen MR) is 280 cm³/mol. The van der Waals surface area contributed by atoms with Gasteiger partial charge in [0, 0.05) is 16.6 Å². The van der Waals surface area contributed by atoms with Crippen molar-refractivity contribution >= 4 is 121 Å². The van der Waals surface area contributed by atoms with Gasteiger partial charge in [-0.15, -0.1) is 33.4 Å². The van der Waals surface area contributed by atoms with Gasteiger partial charge in [0.1, 0.15) is 0 Å². The molecule has 16 heteroatoms. The molecule has 0 unspecified atom stereocenters. The molecule has 4 aromatic heterocycles. The minimum Gasteiger partial charge on any atom is -0.277 e. The van der Waals surface area contributed by atoms with Gasteiger partial charge in [-0.25, -0.2) is 21.5 Å². The molecule has 8 aromatic carbocycles. The molecule has 4 heterocycles. The van der Waals surface area contributed by atoms with E-state index < -0.39 is 29.0 Å². The third-order valence-electron chi connectivity index (χ3n) is 11.7. The van der Waals surface area contributed by atoms with E-state index in [1.807, 2.05) is 60.7 Å². The second kappa shape index (κ2) is 20.2. The molecule has 0 atom stereocenters. The number of thiophene rings is 1. The second-order valence-corrected chi connectivity index (χ2v) is 18.2. The van der Waals surface area contributed by atoms with Crippen molar-refractivity contribution in [2.24, 2.45) is 0 Å². The maximum absolute atomic E-state index is 14.1. The first-order chi connectivity index (χ1) is 34.1. The molecule has 0 aliphatic heterocycles. The Labute approximate surface area is 435 Å². The van der Waals surface area contributed by atoms with E-state index in [9.17, 15) is 26.3 Å². The molecular formula is C56H31F6IrN6S3. The summed E-state index contributed by atoms with van der Waals surface area (Å²) in [6.45, 7) is 11.4. The van der Waals surface area contributed by atoms with E-state index in [1.165, 1.54) is 22.1 Å². The number of nitrogens with zero attached hydrogens (tertiary/aromatic N) is 6. The number of rotatable bonds is 4. The van der Waals surface area contributed by atoms with E-state index >= 15 is 0 Å². The van der Waals surface area contributed by atoms with Gasteiger partial charge in [-0.05, 0) is 93.7 Å². The van der Waals surface area contributed by atoms with E-state index in [0.29, 0.717) is 48.6 Å². The standard InChI is InChI=1S/C28H13F6N2S.2C14H9N2S.Ir/c29-27(30,31)21-10-5-9-18(24(21)28(32,33)34)25-19-12-15-6-1-2-7-16(15)13-20(19)26(36-35-25)23-14-17-8-3-4-11-22(17)37-23;2*1-9(17)14-13-7-11-5-3-2-4-10(11)6-12(13)8-15-16-14;/h1-13H;2*1-8,17H;/q3*-1;+3. The van der Waals surface area contributed by atoms with Crippen LogP contribution in [0.5, 0.6) is 0 Å². The van der Waals surface area contributed by atoms with Gasteiger partial charge < -0.3 is 0 Å². The van der Waals surface area contributed by atoms with Crippen molar-refractivity contribution in [1.29, 1.82) is 0 Å². The Bertz CT molecular complexity index is 3920. The van der Waals surface area contributed by atoms with Crippen molar-refractivity contribution < 1.29 is 46.4 Å². The minimum atomic E-state index is -5.27. The third-order valence-corrected chi connectivity index (χ3v) is 13.2. The summed E-state index contributed by atoms with van der Waals surface area (Å²) in [5, 5.41) is 36.0. The SMILES string of the molecule is FC(F)(F)c1cccc(-c2nnc(-c3[c-]c4ccccc4s3)c3cc4ccccc4cc23)c1C(F)(F)F.[CH-]=C(S)c1nncc2cc3ccccc3cc12.[CH-]=C(S)c1nncc2cc3ccccc3cc12.[Ir+3]. The van der Waals surface area contributed by atoms with Crippen LogP contribution in [-0.4, -0.2) is 30.6 Å². The summed E-state index contributed by atoms with van der Waals surface area (Å²) >= 11 is 9.70. The molecule has 6 nitrogen and oxygen atoms in total. The van der Waals surface area contributed by atoms with Crippen LogP contribution in [0, 0.1) is 19.2 Å². The van der Waals surface area contributed by atoms with E-state index in [-0.39, 0.29) is 31.2 Å². The van der Waals surface area contributed by atoms with Gasteiger partial charge in [0.15, 0.2) is 0 Å². The first-order valence-corrected chi connectivity index (χ1v) is 23.1. The number of aromatic nitrogens is 6. The molecule has 0 fully saturated rings. The number of fused-ring (bicyclic) bond motifs is 7. The normalized spacial score (nSPS) is 11.6. The average molecular weight is 1190 g/mol. The first kappa shape index (κ1) is 49.9. The van der Waals surface area contributed by atoms with Crippen LogP contribution in [0.25, 0.3) is 106 Å². The maximum Gasteiger partial charge on any atom is 3.00 e. The number of benzene rings is 8. The fourth-order valence-corrected chi connectivity index (χ4v) is 9.78. The van der Waals surface area contributed by atoms with Crippen LogP contribution in [0.1, 0.15) is 22.5 Å². The van der Waals surface area contributed by atoms with Crippen LogP contribution >= 0.6 is 36.6 Å². The number of hydrogen-bond acceptors (Lipinski definition) is 9. The molecule has 0 aliphatic carbocycles. The zero-order valence-corrected chi connectivity index (χ0v) is 41.8. The van der Waals surface area contributed by atoms with E-state index in [4.69, 9.17) is 13.2 Å². The molecule has 0 saturated carbocycles. The van der Waals surface area contributed by atoms with E-state index in [0.717, 1.165) is 59.9 Å². The zero-order chi connectivity index (χ0) is 49.6. The van der Waals surface area contributed by atoms with Crippen LogP contribution in [0.3, 0.4) is 0 Å². The molecule has 0 saturated heterocycles. The number of thiol groups is 2. The Hall–Kier alpha value is -7.07. The summed E-state index contributed by atoms with van der Waals surface area (Å²) in [5.74, 6) is 0. The quantitative estimate of drug-likeness (QED) is 0.0791. The van der Waals surface area contributed by atoms with Gasteiger partial charge in [0.2, 0.25) is 0 Å². The van der Waals surface area contributed by atoms with Gasteiger partial charge in [-0.2, -0.15) is 72.0 Å². The molecule has 0 amide bonds. The van der Waals surface area contributed by atoms with E-state index in [1.54, 1.807) is 36.7 Å². The molecule has 0 aliphatic rings. The molecule has 12 rings (SSSR count). The van der Waals surface area contributed by atoms with Gasteiger partial charge >= 0.3 is 32.5 Å². The molecule has 72 heavy (non-hydrogen) atoms. The number of alkyl halides is 6. The molecule has 12 aromatic rings. The monoisotopic (exact) mass is 1190 g/mol. The van der Waals surface area contributed by atoms with Crippen LogP contribution in [-0.2, 0) is 32.5 Å². The molecular weight excluding hydrogens is 1160 g/mol. The smallest absolute Gasteiger partial charge is 0.277 e. The average Bonchev–Trinajstić information content (AvgIpc) is 3.80. The maximum atomic E-state index is 14.1. The fraction of sp³-hybridized carbons (Fsp3) is 0.0357. The predicted octanol–water partition coefficient (Wildman–Crippen LogP) is 16.1. The summed E-state index contributed by atoms with van der Waals surface area (Å²) in [6.07, 6.45) is -7.00. The minimum absolute atomic E-state index is 0. The summed E-state index contributed by atoms with van der Waals surface area (Å²) in [6, 6.07) is 48.4. The Kier molecular flexibility index (Phi) is 14.0.